The van der Waals surface area contributed by atoms with Crippen LogP contribution in [0, 0.1) is 17.2 Å². The second-order valence-electron chi connectivity index (χ2n) is 5.04. The summed E-state index contributed by atoms with van der Waals surface area (Å²) < 4.78 is 4.68. The Morgan fingerprint density at radius 1 is 1.30 bits per heavy atom. The molecule has 7 nitrogen and oxygen atoms in total. The number of nitriles is 1. The highest BCUT2D eigenvalue weighted by Crippen LogP contribution is 2.17. The van der Waals surface area contributed by atoms with E-state index in [2.05, 4.69) is 15.4 Å². The van der Waals surface area contributed by atoms with E-state index < -0.39 is 23.8 Å². The molecule has 0 saturated heterocycles. The average Bonchev–Trinajstić information content (AvgIpc) is 2.51. The molecule has 1 aromatic carbocycles. The third-order valence-electron chi connectivity index (χ3n) is 3.21. The smallest absolute Gasteiger partial charge is 0.328 e. The molecule has 2 amide bonds. The molecular weight excluding hydrogens is 298 g/mol. The van der Waals surface area contributed by atoms with Gasteiger partial charge in [-0.3, -0.25) is 9.59 Å². The number of para-hydroxylation sites is 1. The molecule has 0 heterocycles. The molecule has 0 aliphatic heterocycles. The second-order valence-corrected chi connectivity index (χ2v) is 5.04. The first-order chi connectivity index (χ1) is 10.9. The van der Waals surface area contributed by atoms with Crippen molar-refractivity contribution in [2.24, 2.45) is 5.92 Å². The number of hydrogen-bond acceptors (Lipinski definition) is 5. The second kappa shape index (κ2) is 8.54. The van der Waals surface area contributed by atoms with Crippen LogP contribution in [-0.2, 0) is 14.3 Å². The number of rotatable bonds is 6. The fraction of sp³-hybridized carbons (Fsp3) is 0.375. The number of nitrogens with zero attached hydrogens (tertiary/aromatic N) is 1. The molecular formula is C16H19N3O4. The Morgan fingerprint density at radius 2 is 1.96 bits per heavy atom. The van der Waals surface area contributed by atoms with Gasteiger partial charge in [0.15, 0.2) is 0 Å². The van der Waals surface area contributed by atoms with Gasteiger partial charge in [0.2, 0.25) is 5.91 Å². The van der Waals surface area contributed by atoms with Crippen LogP contribution in [-0.4, -0.2) is 30.9 Å². The minimum Gasteiger partial charge on any atom is -0.467 e. The third-order valence-corrected chi connectivity index (χ3v) is 3.21. The summed E-state index contributed by atoms with van der Waals surface area (Å²) in [6.07, 6.45) is 0.0907. The summed E-state index contributed by atoms with van der Waals surface area (Å²) in [4.78, 5) is 35.5. The van der Waals surface area contributed by atoms with Gasteiger partial charge in [0.25, 0.3) is 5.91 Å². The molecule has 0 fully saturated rings. The van der Waals surface area contributed by atoms with Crippen molar-refractivity contribution in [3.05, 3.63) is 29.8 Å². The van der Waals surface area contributed by atoms with Gasteiger partial charge in [0.1, 0.15) is 6.04 Å². The maximum atomic E-state index is 12.4. The fourth-order valence-corrected chi connectivity index (χ4v) is 2.02. The molecule has 0 saturated carbocycles. The van der Waals surface area contributed by atoms with Gasteiger partial charge in [0.05, 0.1) is 24.4 Å². The lowest BCUT2D eigenvalue weighted by Crippen LogP contribution is -2.45. The van der Waals surface area contributed by atoms with Crippen molar-refractivity contribution in [1.29, 1.82) is 5.26 Å². The summed E-state index contributed by atoms with van der Waals surface area (Å²) in [5, 5.41) is 13.9. The molecule has 1 rings (SSSR count). The van der Waals surface area contributed by atoms with E-state index in [0.717, 1.165) is 0 Å². The molecule has 0 spiro atoms. The van der Waals surface area contributed by atoms with Crippen molar-refractivity contribution in [2.75, 3.05) is 12.4 Å². The van der Waals surface area contributed by atoms with E-state index >= 15 is 0 Å². The number of methoxy groups -OCH3 is 1. The van der Waals surface area contributed by atoms with E-state index in [9.17, 15) is 14.4 Å². The van der Waals surface area contributed by atoms with Crippen LogP contribution in [0.2, 0.25) is 0 Å². The van der Waals surface area contributed by atoms with Crippen molar-refractivity contribution < 1.29 is 19.1 Å². The summed E-state index contributed by atoms with van der Waals surface area (Å²) in [6, 6.07) is 7.46. The minimum atomic E-state index is -0.947. The molecule has 2 atom stereocenters. The Balaban J connectivity index is 3.01. The van der Waals surface area contributed by atoms with Gasteiger partial charge in [-0.25, -0.2) is 4.79 Å². The first-order valence-electron chi connectivity index (χ1n) is 7.03. The van der Waals surface area contributed by atoms with Crippen LogP contribution in [0.3, 0.4) is 0 Å². The molecule has 0 aliphatic carbocycles. The van der Waals surface area contributed by atoms with E-state index in [-0.39, 0.29) is 17.9 Å². The summed E-state index contributed by atoms with van der Waals surface area (Å²) >= 11 is 0. The van der Waals surface area contributed by atoms with Crippen molar-refractivity contribution in [3.8, 4) is 6.07 Å². The lowest BCUT2D eigenvalue weighted by Gasteiger charge is -2.21. The Kier molecular flexibility index (Phi) is 6.74. The number of nitrogens with one attached hydrogen (secondary N) is 2. The molecule has 1 aromatic rings. The topological polar surface area (TPSA) is 108 Å². The number of carbonyl (C=O) groups is 3. The number of anilines is 1. The average molecular weight is 317 g/mol. The minimum absolute atomic E-state index is 0.0907. The highest BCUT2D eigenvalue weighted by molar-refractivity contribution is 6.04. The third kappa shape index (κ3) is 5.11. The van der Waals surface area contributed by atoms with Crippen molar-refractivity contribution in [2.45, 2.75) is 26.3 Å². The zero-order chi connectivity index (χ0) is 17.4. The van der Waals surface area contributed by atoms with Crippen LogP contribution in [0.15, 0.2) is 24.3 Å². The van der Waals surface area contributed by atoms with Gasteiger partial charge < -0.3 is 15.4 Å². The normalized spacial score (nSPS) is 12.4. The van der Waals surface area contributed by atoms with Crippen molar-refractivity contribution in [3.63, 3.8) is 0 Å². The number of amides is 2. The van der Waals surface area contributed by atoms with Crippen LogP contribution < -0.4 is 10.6 Å². The van der Waals surface area contributed by atoms with Gasteiger partial charge in [-0.05, 0) is 12.1 Å². The van der Waals surface area contributed by atoms with Crippen molar-refractivity contribution >= 4 is 23.5 Å². The molecule has 0 radical (unpaired) electrons. The van der Waals surface area contributed by atoms with Crippen LogP contribution >= 0.6 is 0 Å². The summed E-state index contributed by atoms with van der Waals surface area (Å²) in [7, 11) is 1.21. The molecule has 23 heavy (non-hydrogen) atoms. The van der Waals surface area contributed by atoms with Gasteiger partial charge in [-0.15, -0.1) is 0 Å². The van der Waals surface area contributed by atoms with Crippen LogP contribution in [0.25, 0.3) is 0 Å². The molecule has 122 valence electrons. The first kappa shape index (κ1) is 18.2. The van der Waals surface area contributed by atoms with Gasteiger partial charge in [0, 0.05) is 19.3 Å². The van der Waals surface area contributed by atoms with Crippen LogP contribution in [0.4, 0.5) is 5.69 Å². The highest BCUT2D eigenvalue weighted by Gasteiger charge is 2.28. The quantitative estimate of drug-likeness (QED) is 0.772. The largest absolute Gasteiger partial charge is 0.467 e. The predicted molar refractivity (Wildman–Crippen MR) is 83.4 cm³/mol. The van der Waals surface area contributed by atoms with E-state index in [4.69, 9.17) is 5.26 Å². The zero-order valence-corrected chi connectivity index (χ0v) is 13.3. The van der Waals surface area contributed by atoms with E-state index in [1.165, 1.54) is 20.1 Å². The SMILES string of the molecule is COC(=O)[C@H](NC(=O)c1ccccc1NC(C)=O)[C@@H](C)CC#N. The monoisotopic (exact) mass is 317 g/mol. The van der Waals surface area contributed by atoms with E-state index in [1.54, 1.807) is 25.1 Å². The number of benzene rings is 1. The van der Waals surface area contributed by atoms with Crippen LogP contribution in [0.1, 0.15) is 30.6 Å². The Hall–Kier alpha value is -2.88. The number of carbonyl (C=O) groups excluding carboxylic acids is 3. The summed E-state index contributed by atoms with van der Waals surface area (Å²) in [5.74, 6) is -1.88. The predicted octanol–water partition coefficient (Wildman–Crippen LogP) is 1.47. The van der Waals surface area contributed by atoms with Crippen LogP contribution in [0.5, 0.6) is 0 Å². The van der Waals surface area contributed by atoms with E-state index in [1.807, 2.05) is 6.07 Å². The zero-order valence-electron chi connectivity index (χ0n) is 13.3. The van der Waals surface area contributed by atoms with Gasteiger partial charge >= 0.3 is 5.97 Å². The maximum absolute atomic E-state index is 12.4. The molecule has 2 N–H and O–H groups in total. The lowest BCUT2D eigenvalue weighted by atomic mass is 9.98. The Labute approximate surface area is 134 Å². The molecule has 0 aromatic heterocycles. The molecule has 0 unspecified atom stereocenters. The number of ether oxygens (including phenoxy) is 1. The molecule has 7 heteroatoms. The summed E-state index contributed by atoms with van der Waals surface area (Å²) in [6.45, 7) is 3.01. The molecule has 0 bridgehead atoms. The lowest BCUT2D eigenvalue weighted by molar-refractivity contribution is -0.144. The van der Waals surface area contributed by atoms with E-state index in [0.29, 0.717) is 5.69 Å². The van der Waals surface area contributed by atoms with Gasteiger partial charge in [-0.1, -0.05) is 19.1 Å². The standard InChI is InChI=1S/C16H19N3O4/c1-10(8-9-17)14(16(22)23-3)19-15(21)12-6-4-5-7-13(12)18-11(2)20/h4-7,10,14H,8H2,1-3H3,(H,18,20)(H,19,21)/t10-,14+/m0/s1. The Bertz CT molecular complexity index is 636. The fourth-order valence-electron chi connectivity index (χ4n) is 2.02. The number of esters is 1. The highest BCUT2D eigenvalue weighted by atomic mass is 16.5. The maximum Gasteiger partial charge on any atom is 0.328 e. The van der Waals surface area contributed by atoms with Crippen molar-refractivity contribution in [1.82, 2.24) is 5.32 Å². The first-order valence-corrected chi connectivity index (χ1v) is 7.03. The van der Waals surface area contributed by atoms with Gasteiger partial charge in [-0.2, -0.15) is 5.26 Å². The summed E-state index contributed by atoms with van der Waals surface area (Å²) in [5.41, 5.74) is 0.565. The molecule has 0 aliphatic rings. The number of hydrogen-bond donors (Lipinski definition) is 2. The Morgan fingerprint density at radius 3 is 2.52 bits per heavy atom.